The van der Waals surface area contributed by atoms with E-state index in [1.165, 1.54) is 47.0 Å². The number of hydrogen-bond donors (Lipinski definition) is 1. The zero-order valence-electron chi connectivity index (χ0n) is 17.8. The lowest BCUT2D eigenvalue weighted by Gasteiger charge is -2.16. The molecule has 3 aromatic rings. The summed E-state index contributed by atoms with van der Waals surface area (Å²) in [6.07, 6.45) is 5.71. The molecule has 0 aliphatic heterocycles. The third kappa shape index (κ3) is 4.32. The van der Waals surface area contributed by atoms with Crippen LogP contribution in [0.5, 0.6) is 0 Å². The van der Waals surface area contributed by atoms with Gasteiger partial charge in [-0.15, -0.1) is 21.5 Å². The zero-order valence-corrected chi connectivity index (χ0v) is 19.4. The lowest BCUT2D eigenvalue weighted by molar-refractivity contribution is -0.113. The number of rotatable bonds is 7. The number of aromatic nitrogens is 3. The minimum atomic E-state index is -0.0198. The molecule has 0 radical (unpaired) electrons. The Labute approximate surface area is 186 Å². The van der Waals surface area contributed by atoms with E-state index in [1.54, 1.807) is 0 Å². The molecular formula is C23H28N4OS2. The first-order chi connectivity index (χ1) is 14.6. The number of amides is 1. The van der Waals surface area contributed by atoms with E-state index >= 15 is 0 Å². The lowest BCUT2D eigenvalue weighted by Crippen LogP contribution is -2.16. The molecule has 0 atom stereocenters. The summed E-state index contributed by atoms with van der Waals surface area (Å²) in [7, 11) is 0. The molecule has 0 saturated carbocycles. The molecule has 1 amide bonds. The molecule has 1 N–H and O–H groups in total. The predicted octanol–water partition coefficient (Wildman–Crippen LogP) is 5.76. The van der Waals surface area contributed by atoms with E-state index in [1.807, 2.05) is 35.6 Å². The number of para-hydroxylation sites is 1. The number of thioether (sulfide) groups is 1. The molecule has 1 aliphatic rings. The summed E-state index contributed by atoms with van der Waals surface area (Å²) in [6.45, 7) is 6.39. The normalized spacial score (nSPS) is 13.5. The highest BCUT2D eigenvalue weighted by Crippen LogP contribution is 2.37. The molecule has 0 unspecified atom stereocenters. The largest absolute Gasteiger partial charge is 0.325 e. The van der Waals surface area contributed by atoms with E-state index in [2.05, 4.69) is 46.2 Å². The minimum absolute atomic E-state index is 0.0198. The first-order valence-corrected chi connectivity index (χ1v) is 12.5. The smallest absolute Gasteiger partial charge is 0.234 e. The number of carbonyl (C=O) groups is 1. The van der Waals surface area contributed by atoms with Gasteiger partial charge in [-0.2, -0.15) is 0 Å². The van der Waals surface area contributed by atoms with Crippen LogP contribution < -0.4 is 5.32 Å². The van der Waals surface area contributed by atoms with E-state index in [4.69, 9.17) is 0 Å². The monoisotopic (exact) mass is 440 g/mol. The molecular weight excluding hydrogens is 412 g/mol. The van der Waals surface area contributed by atoms with Crippen molar-refractivity contribution in [1.82, 2.24) is 14.8 Å². The van der Waals surface area contributed by atoms with Gasteiger partial charge in [-0.1, -0.05) is 36.9 Å². The maximum absolute atomic E-state index is 12.6. The number of nitrogens with zero attached hydrogens (tertiary/aromatic N) is 3. The van der Waals surface area contributed by atoms with Gasteiger partial charge in [0.2, 0.25) is 5.91 Å². The van der Waals surface area contributed by atoms with E-state index in [0.29, 0.717) is 5.75 Å². The number of hydrogen-bond acceptors (Lipinski definition) is 5. The SMILES string of the molecule is CCc1ccccc1NC(=O)CSc1nnc(-c2csc3c2CCCC3)n1C(C)C. The number of carbonyl (C=O) groups excluding carboxylic acids is 1. The van der Waals surface area contributed by atoms with Crippen molar-refractivity contribution < 1.29 is 4.79 Å². The highest BCUT2D eigenvalue weighted by atomic mass is 32.2. The molecule has 0 bridgehead atoms. The lowest BCUT2D eigenvalue weighted by atomic mass is 9.95. The molecule has 5 nitrogen and oxygen atoms in total. The predicted molar refractivity (Wildman–Crippen MR) is 126 cm³/mol. The van der Waals surface area contributed by atoms with Crippen molar-refractivity contribution >= 4 is 34.7 Å². The summed E-state index contributed by atoms with van der Waals surface area (Å²) < 4.78 is 2.18. The first-order valence-electron chi connectivity index (χ1n) is 10.6. The third-order valence-electron chi connectivity index (χ3n) is 5.49. The van der Waals surface area contributed by atoms with Crippen LogP contribution in [0.15, 0.2) is 34.8 Å². The van der Waals surface area contributed by atoms with Crippen LogP contribution in [0.2, 0.25) is 0 Å². The fraction of sp³-hybridized carbons (Fsp3) is 0.435. The van der Waals surface area contributed by atoms with Crippen LogP contribution in [0.1, 0.15) is 55.7 Å². The minimum Gasteiger partial charge on any atom is -0.325 e. The van der Waals surface area contributed by atoms with Crippen LogP contribution in [-0.2, 0) is 24.1 Å². The van der Waals surface area contributed by atoms with E-state index in [0.717, 1.165) is 35.1 Å². The molecule has 158 valence electrons. The van der Waals surface area contributed by atoms with Gasteiger partial charge in [-0.05, 0) is 63.1 Å². The topological polar surface area (TPSA) is 59.8 Å². The van der Waals surface area contributed by atoms with Crippen molar-refractivity contribution in [3.05, 3.63) is 45.6 Å². The molecule has 30 heavy (non-hydrogen) atoms. The summed E-state index contributed by atoms with van der Waals surface area (Å²) in [6, 6.07) is 8.17. The molecule has 2 aromatic heterocycles. The summed E-state index contributed by atoms with van der Waals surface area (Å²) >= 11 is 3.30. The van der Waals surface area contributed by atoms with Crippen molar-refractivity contribution in [2.75, 3.05) is 11.1 Å². The average molecular weight is 441 g/mol. The molecule has 0 saturated heterocycles. The van der Waals surface area contributed by atoms with Crippen LogP contribution >= 0.6 is 23.1 Å². The Morgan fingerprint density at radius 3 is 2.83 bits per heavy atom. The molecule has 2 heterocycles. The van der Waals surface area contributed by atoms with Crippen molar-refractivity contribution in [3.63, 3.8) is 0 Å². The summed E-state index contributed by atoms with van der Waals surface area (Å²) in [5, 5.41) is 15.1. The van der Waals surface area contributed by atoms with Crippen molar-refractivity contribution in [3.8, 4) is 11.4 Å². The second kappa shape index (κ2) is 9.35. The van der Waals surface area contributed by atoms with Crippen molar-refractivity contribution in [2.24, 2.45) is 0 Å². The Bertz CT molecular complexity index is 1040. The second-order valence-electron chi connectivity index (χ2n) is 7.88. The number of anilines is 1. The van der Waals surface area contributed by atoms with Gasteiger partial charge < -0.3 is 5.32 Å². The van der Waals surface area contributed by atoms with Gasteiger partial charge >= 0.3 is 0 Å². The van der Waals surface area contributed by atoms with Gasteiger partial charge in [0.05, 0.1) is 5.75 Å². The molecule has 7 heteroatoms. The first kappa shape index (κ1) is 21.1. The molecule has 1 aromatic carbocycles. The molecule has 4 rings (SSSR count). The highest BCUT2D eigenvalue weighted by molar-refractivity contribution is 7.99. The summed E-state index contributed by atoms with van der Waals surface area (Å²) in [5.74, 6) is 1.22. The van der Waals surface area contributed by atoms with Crippen molar-refractivity contribution in [1.29, 1.82) is 0 Å². The van der Waals surface area contributed by atoms with Gasteiger partial charge in [-0.3, -0.25) is 9.36 Å². The van der Waals surface area contributed by atoms with Crippen LogP contribution in [0.25, 0.3) is 11.4 Å². The Balaban J connectivity index is 1.51. The third-order valence-corrected chi connectivity index (χ3v) is 7.52. The maximum Gasteiger partial charge on any atom is 0.234 e. The van der Waals surface area contributed by atoms with Crippen LogP contribution in [0.3, 0.4) is 0 Å². The van der Waals surface area contributed by atoms with Gasteiger partial charge in [-0.25, -0.2) is 0 Å². The van der Waals surface area contributed by atoms with Crippen LogP contribution in [0.4, 0.5) is 5.69 Å². The maximum atomic E-state index is 12.6. The number of aryl methyl sites for hydroxylation is 2. The average Bonchev–Trinajstić information content (AvgIpc) is 3.36. The standard InChI is InChI=1S/C23H28N4OS2/c1-4-16-9-5-7-11-19(16)24-21(28)14-30-23-26-25-22(27(23)15(2)3)18-13-29-20-12-8-6-10-17(18)20/h5,7,9,11,13,15H,4,6,8,10,12,14H2,1-3H3,(H,24,28). The zero-order chi connectivity index (χ0) is 21.1. The number of nitrogens with one attached hydrogen (secondary N) is 1. The molecule has 0 spiro atoms. The Kier molecular flexibility index (Phi) is 6.58. The van der Waals surface area contributed by atoms with E-state index in [9.17, 15) is 4.79 Å². The number of fused-ring (bicyclic) bond motifs is 1. The van der Waals surface area contributed by atoms with Gasteiger partial charge in [0.15, 0.2) is 11.0 Å². The number of thiophene rings is 1. The summed E-state index contributed by atoms with van der Waals surface area (Å²) in [4.78, 5) is 14.1. The fourth-order valence-electron chi connectivity index (χ4n) is 3.97. The van der Waals surface area contributed by atoms with E-state index in [-0.39, 0.29) is 11.9 Å². The Morgan fingerprint density at radius 1 is 1.23 bits per heavy atom. The van der Waals surface area contributed by atoms with Gasteiger partial charge in [0.1, 0.15) is 0 Å². The quantitative estimate of drug-likeness (QED) is 0.475. The second-order valence-corrected chi connectivity index (χ2v) is 9.78. The number of benzene rings is 1. The Morgan fingerprint density at radius 2 is 2.03 bits per heavy atom. The molecule has 1 aliphatic carbocycles. The van der Waals surface area contributed by atoms with Crippen molar-refractivity contribution in [2.45, 2.75) is 64.1 Å². The summed E-state index contributed by atoms with van der Waals surface area (Å²) in [5.41, 5.74) is 4.71. The molecule has 0 fully saturated rings. The Hall–Kier alpha value is -2.12. The highest BCUT2D eigenvalue weighted by Gasteiger charge is 2.23. The van der Waals surface area contributed by atoms with Gasteiger partial charge in [0, 0.05) is 27.5 Å². The van der Waals surface area contributed by atoms with Crippen LogP contribution in [0, 0.1) is 0 Å². The van der Waals surface area contributed by atoms with Gasteiger partial charge in [0.25, 0.3) is 0 Å². The van der Waals surface area contributed by atoms with Crippen LogP contribution in [-0.4, -0.2) is 26.4 Å². The fourth-order valence-corrected chi connectivity index (χ4v) is 5.96. The van der Waals surface area contributed by atoms with E-state index < -0.39 is 0 Å².